The van der Waals surface area contributed by atoms with Gasteiger partial charge in [0.15, 0.2) is 5.76 Å². The number of nitrogens with two attached hydrogens (primary N) is 1. The van der Waals surface area contributed by atoms with Gasteiger partial charge in [0.25, 0.3) is 5.91 Å². The zero-order chi connectivity index (χ0) is 12.0. The summed E-state index contributed by atoms with van der Waals surface area (Å²) in [5.74, 6) is 0.766. The summed E-state index contributed by atoms with van der Waals surface area (Å²) in [6.45, 7) is 1.91. The van der Waals surface area contributed by atoms with Crippen molar-refractivity contribution < 1.29 is 9.21 Å². The van der Waals surface area contributed by atoms with Crippen molar-refractivity contribution in [2.24, 2.45) is 5.73 Å². The van der Waals surface area contributed by atoms with Gasteiger partial charge in [0, 0.05) is 6.54 Å². The van der Waals surface area contributed by atoms with Crippen LogP contribution in [0.3, 0.4) is 0 Å². The maximum absolute atomic E-state index is 11.6. The molecule has 0 radical (unpaired) electrons. The highest BCUT2D eigenvalue weighted by atomic mass is 16.4. The molecular formula is C11H19N3O2. The third-order valence-electron chi connectivity index (χ3n) is 2.15. The van der Waals surface area contributed by atoms with E-state index in [1.54, 1.807) is 12.1 Å². The molecule has 0 spiro atoms. The molecule has 0 saturated carbocycles. The van der Waals surface area contributed by atoms with Gasteiger partial charge >= 0.3 is 0 Å². The molecule has 0 fully saturated rings. The highest BCUT2D eigenvalue weighted by Crippen LogP contribution is 2.06. The van der Waals surface area contributed by atoms with E-state index >= 15 is 0 Å². The number of nitrogens with zero attached hydrogens (tertiary/aromatic N) is 1. The van der Waals surface area contributed by atoms with Crippen LogP contribution in [0.25, 0.3) is 0 Å². The number of amides is 1. The van der Waals surface area contributed by atoms with E-state index in [-0.39, 0.29) is 5.91 Å². The SMILES string of the molecule is CN(C)CCCNC(=O)c1ccc(CN)o1. The summed E-state index contributed by atoms with van der Waals surface area (Å²) < 4.78 is 5.23. The van der Waals surface area contributed by atoms with Gasteiger partial charge in [0.05, 0.1) is 6.54 Å². The van der Waals surface area contributed by atoms with Crippen molar-refractivity contribution in [2.45, 2.75) is 13.0 Å². The van der Waals surface area contributed by atoms with Gasteiger partial charge in [-0.05, 0) is 39.2 Å². The minimum atomic E-state index is -0.182. The molecule has 1 aromatic rings. The smallest absolute Gasteiger partial charge is 0.286 e. The van der Waals surface area contributed by atoms with Gasteiger partial charge in [0.2, 0.25) is 0 Å². The summed E-state index contributed by atoms with van der Waals surface area (Å²) in [5.41, 5.74) is 5.39. The Labute approximate surface area is 95.6 Å². The number of rotatable bonds is 6. The van der Waals surface area contributed by atoms with Crippen LogP contribution < -0.4 is 11.1 Å². The highest BCUT2D eigenvalue weighted by molar-refractivity contribution is 5.91. The van der Waals surface area contributed by atoms with E-state index < -0.39 is 0 Å². The molecule has 0 aliphatic carbocycles. The number of furan rings is 1. The molecule has 1 heterocycles. The van der Waals surface area contributed by atoms with Crippen LogP contribution in [-0.4, -0.2) is 38.0 Å². The molecule has 0 saturated heterocycles. The van der Waals surface area contributed by atoms with Crippen molar-refractivity contribution >= 4 is 5.91 Å². The summed E-state index contributed by atoms with van der Waals surface area (Å²) in [4.78, 5) is 13.6. The third-order valence-corrected chi connectivity index (χ3v) is 2.15. The summed E-state index contributed by atoms with van der Waals surface area (Å²) in [5, 5.41) is 2.79. The van der Waals surface area contributed by atoms with Gasteiger partial charge in [-0.1, -0.05) is 0 Å². The predicted octanol–water partition coefficient (Wildman–Crippen LogP) is 0.420. The molecule has 0 unspecified atom stereocenters. The Morgan fingerprint density at radius 2 is 2.25 bits per heavy atom. The maximum Gasteiger partial charge on any atom is 0.286 e. The summed E-state index contributed by atoms with van der Waals surface area (Å²) in [7, 11) is 4.00. The van der Waals surface area contributed by atoms with Crippen molar-refractivity contribution in [3.8, 4) is 0 Å². The van der Waals surface area contributed by atoms with Crippen LogP contribution in [-0.2, 0) is 6.54 Å². The molecule has 0 bridgehead atoms. The van der Waals surface area contributed by atoms with Crippen LogP contribution in [0.4, 0.5) is 0 Å². The number of hydrogen-bond acceptors (Lipinski definition) is 4. The van der Waals surface area contributed by atoms with Crippen molar-refractivity contribution in [3.63, 3.8) is 0 Å². The van der Waals surface area contributed by atoms with Gasteiger partial charge in [-0.25, -0.2) is 0 Å². The lowest BCUT2D eigenvalue weighted by Gasteiger charge is -2.09. The lowest BCUT2D eigenvalue weighted by molar-refractivity contribution is 0.0923. The summed E-state index contributed by atoms with van der Waals surface area (Å²) >= 11 is 0. The van der Waals surface area contributed by atoms with E-state index in [1.165, 1.54) is 0 Å². The Hall–Kier alpha value is -1.33. The van der Waals surface area contributed by atoms with Gasteiger partial charge in [0.1, 0.15) is 5.76 Å². The molecule has 0 aliphatic heterocycles. The first kappa shape index (κ1) is 12.7. The first-order chi connectivity index (χ1) is 7.63. The first-order valence-electron chi connectivity index (χ1n) is 5.35. The monoisotopic (exact) mass is 225 g/mol. The summed E-state index contributed by atoms with van der Waals surface area (Å²) in [6.07, 6.45) is 0.920. The van der Waals surface area contributed by atoms with E-state index in [1.807, 2.05) is 14.1 Å². The van der Waals surface area contributed by atoms with Gasteiger partial charge in [-0.15, -0.1) is 0 Å². The van der Waals surface area contributed by atoms with Crippen molar-refractivity contribution in [3.05, 3.63) is 23.7 Å². The Morgan fingerprint density at radius 3 is 2.81 bits per heavy atom. The minimum absolute atomic E-state index is 0.182. The molecule has 0 atom stereocenters. The Balaban J connectivity index is 2.29. The topological polar surface area (TPSA) is 71.5 Å². The molecule has 1 rings (SSSR count). The van der Waals surface area contributed by atoms with Crippen molar-refractivity contribution in [1.29, 1.82) is 0 Å². The molecule has 5 nitrogen and oxygen atoms in total. The first-order valence-corrected chi connectivity index (χ1v) is 5.35. The Kier molecular flexibility index (Phi) is 5.01. The Morgan fingerprint density at radius 1 is 1.50 bits per heavy atom. The molecular weight excluding hydrogens is 206 g/mol. The normalized spacial score (nSPS) is 10.8. The number of carbonyl (C=O) groups is 1. The zero-order valence-corrected chi connectivity index (χ0v) is 9.82. The van der Waals surface area contributed by atoms with E-state index in [2.05, 4.69) is 10.2 Å². The van der Waals surface area contributed by atoms with Crippen LogP contribution >= 0.6 is 0 Å². The van der Waals surface area contributed by atoms with Crippen LogP contribution in [0.1, 0.15) is 22.7 Å². The summed E-state index contributed by atoms with van der Waals surface area (Å²) in [6, 6.07) is 3.36. The zero-order valence-electron chi connectivity index (χ0n) is 9.82. The molecule has 1 amide bonds. The van der Waals surface area contributed by atoms with Gasteiger partial charge in [-0.3, -0.25) is 4.79 Å². The fourth-order valence-electron chi connectivity index (χ4n) is 1.29. The lowest BCUT2D eigenvalue weighted by atomic mass is 10.3. The fourth-order valence-corrected chi connectivity index (χ4v) is 1.29. The number of hydrogen-bond donors (Lipinski definition) is 2. The van der Waals surface area contributed by atoms with Crippen LogP contribution in [0.5, 0.6) is 0 Å². The van der Waals surface area contributed by atoms with Crippen LogP contribution in [0.15, 0.2) is 16.5 Å². The number of carbonyl (C=O) groups excluding carboxylic acids is 1. The molecule has 0 aliphatic rings. The fraction of sp³-hybridized carbons (Fsp3) is 0.545. The van der Waals surface area contributed by atoms with Crippen LogP contribution in [0.2, 0.25) is 0 Å². The predicted molar refractivity (Wildman–Crippen MR) is 62.1 cm³/mol. The second-order valence-corrected chi connectivity index (χ2v) is 3.88. The minimum Gasteiger partial charge on any atom is -0.455 e. The van der Waals surface area contributed by atoms with Crippen molar-refractivity contribution in [2.75, 3.05) is 27.2 Å². The molecule has 1 aromatic heterocycles. The van der Waals surface area contributed by atoms with Crippen LogP contribution in [0, 0.1) is 0 Å². The molecule has 16 heavy (non-hydrogen) atoms. The van der Waals surface area contributed by atoms with E-state index in [9.17, 15) is 4.79 Å². The molecule has 0 aromatic carbocycles. The second kappa shape index (κ2) is 6.30. The average molecular weight is 225 g/mol. The lowest BCUT2D eigenvalue weighted by Crippen LogP contribution is -2.26. The average Bonchev–Trinajstić information content (AvgIpc) is 2.72. The molecule has 5 heteroatoms. The van der Waals surface area contributed by atoms with Crippen molar-refractivity contribution in [1.82, 2.24) is 10.2 Å². The standard InChI is InChI=1S/C11H19N3O2/c1-14(2)7-3-6-13-11(15)10-5-4-9(8-12)16-10/h4-5H,3,6-8,12H2,1-2H3,(H,13,15). The third kappa shape index (κ3) is 4.04. The molecule has 3 N–H and O–H groups in total. The van der Waals surface area contributed by atoms with E-state index in [0.29, 0.717) is 24.6 Å². The molecule has 90 valence electrons. The Bertz CT molecular complexity index is 334. The van der Waals surface area contributed by atoms with Gasteiger partial charge in [-0.2, -0.15) is 0 Å². The van der Waals surface area contributed by atoms with E-state index in [4.69, 9.17) is 10.2 Å². The van der Waals surface area contributed by atoms with Gasteiger partial charge < -0.3 is 20.4 Å². The second-order valence-electron chi connectivity index (χ2n) is 3.88. The largest absolute Gasteiger partial charge is 0.455 e. The quantitative estimate of drug-likeness (QED) is 0.688. The van der Waals surface area contributed by atoms with E-state index in [0.717, 1.165) is 13.0 Å². The highest BCUT2D eigenvalue weighted by Gasteiger charge is 2.09. The maximum atomic E-state index is 11.6. The number of nitrogens with one attached hydrogen (secondary N) is 1.